The third-order valence-electron chi connectivity index (χ3n) is 4.42. The maximum absolute atomic E-state index is 13.0. The molecule has 0 unspecified atom stereocenters. The minimum Gasteiger partial charge on any atom is -0.376 e. The van der Waals surface area contributed by atoms with Crippen LogP contribution in [0.4, 0.5) is 28.9 Å². The molecule has 0 aliphatic heterocycles. The van der Waals surface area contributed by atoms with Crippen molar-refractivity contribution in [3.8, 4) is 0 Å². The second kappa shape index (κ2) is 9.95. The van der Waals surface area contributed by atoms with Crippen molar-refractivity contribution in [3.63, 3.8) is 0 Å². The SMILES string of the molecule is O=C(CNc1cccc(C(F)(F)F)c1)NCc1cccc(NC(=O)c2ccc(F)cc2)c1. The Morgan fingerprint density at radius 2 is 1.53 bits per heavy atom. The molecule has 0 aliphatic carbocycles. The van der Waals surface area contributed by atoms with Gasteiger partial charge in [-0.15, -0.1) is 0 Å². The Kier molecular flexibility index (Phi) is 7.09. The van der Waals surface area contributed by atoms with Gasteiger partial charge in [-0.25, -0.2) is 4.39 Å². The highest BCUT2D eigenvalue weighted by Crippen LogP contribution is 2.30. The molecule has 3 aromatic carbocycles. The summed E-state index contributed by atoms with van der Waals surface area (Å²) >= 11 is 0. The van der Waals surface area contributed by atoms with Crippen molar-refractivity contribution in [1.29, 1.82) is 0 Å². The molecular weight excluding hydrogens is 426 g/mol. The molecule has 0 radical (unpaired) electrons. The number of alkyl halides is 3. The lowest BCUT2D eigenvalue weighted by molar-refractivity contribution is -0.137. The van der Waals surface area contributed by atoms with Crippen molar-refractivity contribution in [2.75, 3.05) is 17.2 Å². The first-order chi connectivity index (χ1) is 15.2. The maximum Gasteiger partial charge on any atom is 0.416 e. The maximum atomic E-state index is 13.0. The fraction of sp³-hybridized carbons (Fsp3) is 0.130. The Bertz CT molecular complexity index is 1100. The number of hydrogen-bond acceptors (Lipinski definition) is 3. The van der Waals surface area contributed by atoms with E-state index < -0.39 is 29.4 Å². The van der Waals surface area contributed by atoms with Crippen LogP contribution in [0.3, 0.4) is 0 Å². The molecule has 0 saturated carbocycles. The van der Waals surface area contributed by atoms with Gasteiger partial charge in [-0.1, -0.05) is 18.2 Å². The molecule has 0 spiro atoms. The van der Waals surface area contributed by atoms with Crippen molar-refractivity contribution in [1.82, 2.24) is 5.32 Å². The lowest BCUT2D eigenvalue weighted by Crippen LogP contribution is -2.29. The Morgan fingerprint density at radius 3 is 2.25 bits per heavy atom. The summed E-state index contributed by atoms with van der Waals surface area (Å²) in [4.78, 5) is 24.3. The molecule has 3 aromatic rings. The average Bonchev–Trinajstić information content (AvgIpc) is 2.76. The van der Waals surface area contributed by atoms with Crippen LogP contribution in [0.2, 0.25) is 0 Å². The standard InChI is InChI=1S/C23H19F4N3O2/c24-18-9-7-16(8-10-18)22(32)30-20-6-1-3-15(11-20)13-29-21(31)14-28-19-5-2-4-17(12-19)23(25,26)27/h1-12,28H,13-14H2,(H,29,31)(H,30,32). The molecule has 32 heavy (non-hydrogen) atoms. The second-order valence-corrected chi connectivity index (χ2v) is 6.87. The molecule has 5 nitrogen and oxygen atoms in total. The smallest absolute Gasteiger partial charge is 0.376 e. The van der Waals surface area contributed by atoms with Crippen LogP contribution < -0.4 is 16.0 Å². The minimum absolute atomic E-state index is 0.156. The Labute approximate surface area is 181 Å². The van der Waals surface area contributed by atoms with Crippen molar-refractivity contribution in [2.45, 2.75) is 12.7 Å². The summed E-state index contributed by atoms with van der Waals surface area (Å²) in [5.74, 6) is -1.26. The van der Waals surface area contributed by atoms with Gasteiger partial charge in [0.2, 0.25) is 5.91 Å². The second-order valence-electron chi connectivity index (χ2n) is 6.87. The highest BCUT2D eigenvalue weighted by molar-refractivity contribution is 6.04. The van der Waals surface area contributed by atoms with Crippen molar-refractivity contribution in [2.24, 2.45) is 0 Å². The van der Waals surface area contributed by atoms with Crippen LogP contribution >= 0.6 is 0 Å². The molecule has 0 saturated heterocycles. The molecule has 2 amide bonds. The molecule has 0 heterocycles. The molecular formula is C23H19F4N3O2. The number of nitrogens with one attached hydrogen (secondary N) is 3. The van der Waals surface area contributed by atoms with Crippen LogP contribution in [-0.2, 0) is 17.5 Å². The van der Waals surface area contributed by atoms with E-state index in [0.29, 0.717) is 16.8 Å². The minimum atomic E-state index is -4.46. The van der Waals surface area contributed by atoms with Crippen LogP contribution in [0.1, 0.15) is 21.5 Å². The van der Waals surface area contributed by atoms with E-state index >= 15 is 0 Å². The molecule has 3 N–H and O–H groups in total. The van der Waals surface area contributed by atoms with Crippen LogP contribution in [0.25, 0.3) is 0 Å². The molecule has 0 aromatic heterocycles. The van der Waals surface area contributed by atoms with Gasteiger partial charge in [-0.05, 0) is 60.2 Å². The Hall–Kier alpha value is -3.88. The van der Waals surface area contributed by atoms with Gasteiger partial charge in [0.15, 0.2) is 0 Å². The zero-order valence-electron chi connectivity index (χ0n) is 16.7. The van der Waals surface area contributed by atoms with Gasteiger partial charge < -0.3 is 16.0 Å². The van der Waals surface area contributed by atoms with Crippen molar-refractivity contribution >= 4 is 23.2 Å². The highest BCUT2D eigenvalue weighted by atomic mass is 19.4. The zero-order chi connectivity index (χ0) is 23.1. The van der Waals surface area contributed by atoms with E-state index in [1.165, 1.54) is 36.4 Å². The molecule has 9 heteroatoms. The number of carbonyl (C=O) groups excluding carboxylic acids is 2. The predicted molar refractivity (Wildman–Crippen MR) is 113 cm³/mol. The zero-order valence-corrected chi connectivity index (χ0v) is 16.7. The summed E-state index contributed by atoms with van der Waals surface area (Å²) in [7, 11) is 0. The molecule has 3 rings (SSSR count). The van der Waals surface area contributed by atoms with E-state index in [4.69, 9.17) is 0 Å². The number of rotatable bonds is 7. The van der Waals surface area contributed by atoms with E-state index in [1.54, 1.807) is 24.3 Å². The average molecular weight is 445 g/mol. The Morgan fingerprint density at radius 1 is 0.844 bits per heavy atom. The third kappa shape index (κ3) is 6.56. The number of carbonyl (C=O) groups is 2. The monoisotopic (exact) mass is 445 g/mol. The van der Waals surface area contributed by atoms with Gasteiger partial charge in [0, 0.05) is 23.5 Å². The Balaban J connectivity index is 1.51. The normalized spacial score (nSPS) is 11.0. The van der Waals surface area contributed by atoms with Crippen molar-refractivity contribution < 1.29 is 27.2 Å². The summed E-state index contributed by atoms with van der Waals surface area (Å²) in [5.41, 5.74) is 0.871. The van der Waals surface area contributed by atoms with E-state index in [9.17, 15) is 27.2 Å². The van der Waals surface area contributed by atoms with Crippen LogP contribution in [0.15, 0.2) is 72.8 Å². The quantitative estimate of drug-likeness (QED) is 0.457. The molecule has 0 atom stereocenters. The number of hydrogen-bond donors (Lipinski definition) is 3. The van der Waals surface area contributed by atoms with Crippen LogP contribution in [0, 0.1) is 5.82 Å². The first-order valence-electron chi connectivity index (χ1n) is 9.54. The van der Waals surface area contributed by atoms with Crippen LogP contribution in [-0.4, -0.2) is 18.4 Å². The fourth-order valence-corrected chi connectivity index (χ4v) is 2.81. The number of halogens is 4. The number of anilines is 2. The van der Waals surface area contributed by atoms with E-state index in [0.717, 1.165) is 12.1 Å². The summed E-state index contributed by atoms with van der Waals surface area (Å²) in [6.07, 6.45) is -4.46. The van der Waals surface area contributed by atoms with E-state index in [1.807, 2.05) is 0 Å². The first kappa shape index (κ1) is 22.8. The van der Waals surface area contributed by atoms with Gasteiger partial charge in [-0.2, -0.15) is 13.2 Å². The van der Waals surface area contributed by atoms with Gasteiger partial charge in [0.05, 0.1) is 12.1 Å². The van der Waals surface area contributed by atoms with Gasteiger partial charge in [-0.3, -0.25) is 9.59 Å². The van der Waals surface area contributed by atoms with Crippen LogP contribution in [0.5, 0.6) is 0 Å². The molecule has 166 valence electrons. The lowest BCUT2D eigenvalue weighted by atomic mass is 10.1. The van der Waals surface area contributed by atoms with Crippen molar-refractivity contribution in [3.05, 3.63) is 95.3 Å². The fourth-order valence-electron chi connectivity index (χ4n) is 2.81. The van der Waals surface area contributed by atoms with E-state index in [2.05, 4.69) is 16.0 Å². The summed E-state index contributed by atoms with van der Waals surface area (Å²) < 4.78 is 51.2. The molecule has 0 aliphatic rings. The topological polar surface area (TPSA) is 70.2 Å². The third-order valence-corrected chi connectivity index (χ3v) is 4.42. The number of amides is 2. The first-order valence-corrected chi connectivity index (χ1v) is 9.54. The van der Waals surface area contributed by atoms with E-state index in [-0.39, 0.29) is 18.8 Å². The summed E-state index contributed by atoms with van der Waals surface area (Å²) in [6.45, 7) is -0.0499. The summed E-state index contributed by atoms with van der Waals surface area (Å²) in [5, 5.41) is 8.00. The van der Waals surface area contributed by atoms with Gasteiger partial charge in [0.1, 0.15) is 5.82 Å². The lowest BCUT2D eigenvalue weighted by Gasteiger charge is -2.11. The summed E-state index contributed by atoms with van der Waals surface area (Å²) in [6, 6.07) is 16.5. The predicted octanol–water partition coefficient (Wildman–Crippen LogP) is 4.83. The molecule has 0 bridgehead atoms. The largest absolute Gasteiger partial charge is 0.416 e. The van der Waals surface area contributed by atoms with Gasteiger partial charge in [0.25, 0.3) is 5.91 Å². The highest BCUT2D eigenvalue weighted by Gasteiger charge is 2.30. The number of benzene rings is 3. The van der Waals surface area contributed by atoms with Gasteiger partial charge >= 0.3 is 6.18 Å². The molecule has 0 fully saturated rings.